The van der Waals surface area contributed by atoms with Gasteiger partial charge in [-0.2, -0.15) is 0 Å². The van der Waals surface area contributed by atoms with Crippen LogP contribution in [0.25, 0.3) is 0 Å². The second-order valence-electron chi connectivity index (χ2n) is 6.07. The quantitative estimate of drug-likeness (QED) is 0.856. The predicted molar refractivity (Wildman–Crippen MR) is 71.9 cm³/mol. The molecule has 104 valence electrons. The minimum Gasteiger partial charge on any atom is -0.314 e. The minimum atomic E-state index is -0.331. The molecule has 0 aliphatic heterocycles. The van der Waals surface area contributed by atoms with Gasteiger partial charge in [0.25, 0.3) is 0 Å². The van der Waals surface area contributed by atoms with E-state index < -0.39 is 0 Å². The van der Waals surface area contributed by atoms with E-state index in [2.05, 4.69) is 5.32 Å². The van der Waals surface area contributed by atoms with Crippen LogP contribution in [0.3, 0.4) is 0 Å². The first-order chi connectivity index (χ1) is 9.22. The molecule has 0 bridgehead atoms. The summed E-state index contributed by atoms with van der Waals surface area (Å²) in [7, 11) is 0. The molecule has 0 amide bonds. The van der Waals surface area contributed by atoms with Crippen LogP contribution in [0.2, 0.25) is 0 Å². The fraction of sp³-hybridized carbons (Fsp3) is 0.625. The monoisotopic (exact) mass is 265 g/mol. The molecule has 1 nitrogen and oxygen atoms in total. The van der Waals surface area contributed by atoms with Gasteiger partial charge in [0.2, 0.25) is 0 Å². The SMILES string of the molecule is Fc1ccc(F)c(CC2CCCC2CNC2CC2)c1. The van der Waals surface area contributed by atoms with Crippen molar-refractivity contribution in [1.82, 2.24) is 5.32 Å². The number of hydrogen-bond acceptors (Lipinski definition) is 1. The molecule has 1 aromatic carbocycles. The van der Waals surface area contributed by atoms with Crippen molar-refractivity contribution in [2.45, 2.75) is 44.6 Å². The molecule has 3 heteroatoms. The zero-order chi connectivity index (χ0) is 13.2. The fourth-order valence-corrected chi connectivity index (χ4v) is 3.24. The summed E-state index contributed by atoms with van der Waals surface area (Å²) in [5, 5.41) is 3.57. The zero-order valence-corrected chi connectivity index (χ0v) is 11.2. The Morgan fingerprint density at radius 3 is 2.63 bits per heavy atom. The molecule has 2 aliphatic carbocycles. The summed E-state index contributed by atoms with van der Waals surface area (Å²) in [6.07, 6.45) is 6.87. The van der Waals surface area contributed by atoms with Crippen LogP contribution in [-0.4, -0.2) is 12.6 Å². The van der Waals surface area contributed by atoms with Gasteiger partial charge in [0, 0.05) is 6.04 Å². The summed E-state index contributed by atoms with van der Waals surface area (Å²) >= 11 is 0. The molecule has 1 N–H and O–H groups in total. The second-order valence-corrected chi connectivity index (χ2v) is 6.07. The first-order valence-corrected chi connectivity index (χ1v) is 7.39. The van der Waals surface area contributed by atoms with Crippen LogP contribution < -0.4 is 5.32 Å². The molecule has 0 saturated heterocycles. The van der Waals surface area contributed by atoms with Gasteiger partial charge in [0.05, 0.1) is 0 Å². The highest BCUT2D eigenvalue weighted by molar-refractivity contribution is 5.19. The number of hydrogen-bond donors (Lipinski definition) is 1. The summed E-state index contributed by atoms with van der Waals surface area (Å²) in [6.45, 7) is 1.05. The molecule has 0 radical (unpaired) electrons. The molecule has 2 aliphatic rings. The van der Waals surface area contributed by atoms with Crippen LogP contribution in [0.5, 0.6) is 0 Å². The van der Waals surface area contributed by atoms with Crippen molar-refractivity contribution in [3.63, 3.8) is 0 Å². The van der Waals surface area contributed by atoms with Crippen molar-refractivity contribution in [3.05, 3.63) is 35.4 Å². The smallest absolute Gasteiger partial charge is 0.126 e. The lowest BCUT2D eigenvalue weighted by Gasteiger charge is -2.20. The molecular formula is C16H21F2N. The van der Waals surface area contributed by atoms with E-state index >= 15 is 0 Å². The molecular weight excluding hydrogens is 244 g/mol. The molecule has 3 rings (SSSR count). The van der Waals surface area contributed by atoms with Crippen LogP contribution in [0.15, 0.2) is 18.2 Å². The number of rotatable bonds is 5. The first kappa shape index (κ1) is 13.0. The van der Waals surface area contributed by atoms with Gasteiger partial charge in [-0.1, -0.05) is 6.42 Å². The molecule has 2 saturated carbocycles. The van der Waals surface area contributed by atoms with E-state index in [4.69, 9.17) is 0 Å². The van der Waals surface area contributed by atoms with Crippen molar-refractivity contribution >= 4 is 0 Å². The highest BCUT2D eigenvalue weighted by atomic mass is 19.1. The van der Waals surface area contributed by atoms with Crippen molar-refractivity contribution in [2.75, 3.05) is 6.54 Å². The van der Waals surface area contributed by atoms with Crippen LogP contribution in [0, 0.1) is 23.5 Å². The van der Waals surface area contributed by atoms with Crippen molar-refractivity contribution in [1.29, 1.82) is 0 Å². The van der Waals surface area contributed by atoms with Crippen molar-refractivity contribution < 1.29 is 8.78 Å². The highest BCUT2D eigenvalue weighted by Gasteiger charge is 2.30. The fourth-order valence-electron chi connectivity index (χ4n) is 3.24. The molecule has 19 heavy (non-hydrogen) atoms. The predicted octanol–water partition coefficient (Wildman–Crippen LogP) is 3.68. The lowest BCUT2D eigenvalue weighted by Crippen LogP contribution is -2.27. The second kappa shape index (κ2) is 5.58. The summed E-state index contributed by atoms with van der Waals surface area (Å²) in [5.74, 6) is 0.537. The Kier molecular flexibility index (Phi) is 3.83. The zero-order valence-electron chi connectivity index (χ0n) is 11.2. The van der Waals surface area contributed by atoms with Gasteiger partial charge in [-0.3, -0.25) is 0 Å². The van der Waals surface area contributed by atoms with E-state index in [1.165, 1.54) is 43.9 Å². The lowest BCUT2D eigenvalue weighted by atomic mass is 9.89. The van der Waals surface area contributed by atoms with Crippen LogP contribution in [0.4, 0.5) is 8.78 Å². The van der Waals surface area contributed by atoms with E-state index in [9.17, 15) is 8.78 Å². The maximum atomic E-state index is 13.7. The standard InChI is InChI=1S/C16H21F2N/c17-14-4-7-16(18)13(9-14)8-11-2-1-3-12(11)10-19-15-5-6-15/h4,7,9,11-12,15,19H,1-3,5-6,8,10H2. The summed E-state index contributed by atoms with van der Waals surface area (Å²) < 4.78 is 26.9. The highest BCUT2D eigenvalue weighted by Crippen LogP contribution is 2.35. The van der Waals surface area contributed by atoms with Gasteiger partial charge in [-0.25, -0.2) is 8.78 Å². The third-order valence-corrected chi connectivity index (χ3v) is 4.55. The first-order valence-electron chi connectivity index (χ1n) is 7.39. The average molecular weight is 265 g/mol. The Morgan fingerprint density at radius 1 is 1.05 bits per heavy atom. The van der Waals surface area contributed by atoms with Crippen molar-refractivity contribution in [2.24, 2.45) is 11.8 Å². The Morgan fingerprint density at radius 2 is 1.84 bits per heavy atom. The number of benzene rings is 1. The minimum absolute atomic E-state index is 0.262. The van der Waals surface area contributed by atoms with Gasteiger partial charge < -0.3 is 5.32 Å². The molecule has 2 fully saturated rings. The van der Waals surface area contributed by atoms with E-state index in [1.54, 1.807) is 0 Å². The molecule has 0 spiro atoms. The lowest BCUT2D eigenvalue weighted by molar-refractivity contribution is 0.360. The number of nitrogens with one attached hydrogen (secondary N) is 1. The Bertz CT molecular complexity index is 442. The Balaban J connectivity index is 1.61. The number of halogens is 2. The van der Waals surface area contributed by atoms with Crippen LogP contribution in [0.1, 0.15) is 37.7 Å². The summed E-state index contributed by atoms with van der Waals surface area (Å²) in [5.41, 5.74) is 0.545. The maximum absolute atomic E-state index is 13.7. The van der Waals surface area contributed by atoms with Gasteiger partial charge in [0.1, 0.15) is 11.6 Å². The van der Waals surface area contributed by atoms with Crippen LogP contribution >= 0.6 is 0 Å². The van der Waals surface area contributed by atoms with E-state index in [0.29, 0.717) is 23.8 Å². The third-order valence-electron chi connectivity index (χ3n) is 4.55. The normalized spacial score (nSPS) is 26.8. The van der Waals surface area contributed by atoms with Gasteiger partial charge >= 0.3 is 0 Å². The van der Waals surface area contributed by atoms with E-state index in [-0.39, 0.29) is 11.6 Å². The largest absolute Gasteiger partial charge is 0.314 e. The molecule has 0 heterocycles. The van der Waals surface area contributed by atoms with Crippen LogP contribution in [-0.2, 0) is 6.42 Å². The molecule has 1 aromatic rings. The molecule has 0 aromatic heterocycles. The van der Waals surface area contributed by atoms with Crippen molar-refractivity contribution in [3.8, 4) is 0 Å². The summed E-state index contributed by atoms with van der Waals surface area (Å²) in [4.78, 5) is 0. The molecule has 2 unspecified atom stereocenters. The average Bonchev–Trinajstić information content (AvgIpc) is 3.12. The third kappa shape index (κ3) is 3.33. The van der Waals surface area contributed by atoms with E-state index in [0.717, 1.165) is 19.0 Å². The van der Waals surface area contributed by atoms with E-state index in [1.807, 2.05) is 0 Å². The van der Waals surface area contributed by atoms with Gasteiger partial charge in [0.15, 0.2) is 0 Å². The Labute approximate surface area is 113 Å². The van der Waals surface area contributed by atoms with Gasteiger partial charge in [-0.05, 0) is 74.2 Å². The maximum Gasteiger partial charge on any atom is 0.126 e. The Hall–Kier alpha value is -0.960. The molecule has 2 atom stereocenters. The topological polar surface area (TPSA) is 12.0 Å². The summed E-state index contributed by atoms with van der Waals surface area (Å²) in [6, 6.07) is 4.53. The van der Waals surface area contributed by atoms with Gasteiger partial charge in [-0.15, -0.1) is 0 Å².